The molecule has 1 atom stereocenters. The lowest BCUT2D eigenvalue weighted by molar-refractivity contribution is -0.139. The van der Waals surface area contributed by atoms with Gasteiger partial charge in [0.05, 0.1) is 17.6 Å². The number of hydrogen-bond acceptors (Lipinski definition) is 5. The van der Waals surface area contributed by atoms with Crippen molar-refractivity contribution in [2.24, 2.45) is 11.7 Å². The van der Waals surface area contributed by atoms with E-state index in [0.717, 1.165) is 6.07 Å². The Balaban J connectivity index is 3.20. The Bertz CT molecular complexity index is 699. The lowest BCUT2D eigenvalue weighted by atomic mass is 10.1. The van der Waals surface area contributed by atoms with Crippen LogP contribution in [0.1, 0.15) is 30.6 Å². The third-order valence-corrected chi connectivity index (χ3v) is 4.52. The second-order valence-corrected chi connectivity index (χ2v) is 7.08. The largest absolute Gasteiger partial charge is 0.496 e. The van der Waals surface area contributed by atoms with Crippen LogP contribution in [0.2, 0.25) is 0 Å². The van der Waals surface area contributed by atoms with E-state index in [9.17, 15) is 18.0 Å². The van der Waals surface area contributed by atoms with Gasteiger partial charge in [-0.1, -0.05) is 13.8 Å². The SMILES string of the molecule is COc1ccc(S(=O)(=O)NC(CC(C)C)C(=O)O)cc1C(N)=O. The summed E-state index contributed by atoms with van der Waals surface area (Å²) >= 11 is 0. The van der Waals surface area contributed by atoms with Gasteiger partial charge in [0.2, 0.25) is 10.0 Å². The number of benzene rings is 1. The molecule has 0 aromatic heterocycles. The minimum atomic E-state index is -4.13. The smallest absolute Gasteiger partial charge is 0.321 e. The van der Waals surface area contributed by atoms with E-state index in [1.165, 1.54) is 19.2 Å². The number of carboxylic acid groups (broad SMARTS) is 1. The van der Waals surface area contributed by atoms with Crippen LogP contribution in [0.5, 0.6) is 5.75 Å². The van der Waals surface area contributed by atoms with E-state index in [1.54, 1.807) is 13.8 Å². The van der Waals surface area contributed by atoms with Crippen LogP contribution in [-0.2, 0) is 14.8 Å². The summed E-state index contributed by atoms with van der Waals surface area (Å²) in [5.41, 5.74) is 5.08. The maximum atomic E-state index is 12.3. The van der Waals surface area contributed by atoms with Crippen molar-refractivity contribution < 1.29 is 27.9 Å². The van der Waals surface area contributed by atoms with Gasteiger partial charge in [0.1, 0.15) is 11.8 Å². The highest BCUT2D eigenvalue weighted by atomic mass is 32.2. The standard InChI is InChI=1S/C14H20N2O6S/c1-8(2)6-11(14(18)19)16-23(20,21)9-4-5-12(22-3)10(7-9)13(15)17/h4-5,7-8,11,16H,6H2,1-3H3,(H2,15,17)(H,18,19). The minimum absolute atomic E-state index is 0.0177. The molecule has 9 heteroatoms. The highest BCUT2D eigenvalue weighted by Gasteiger charge is 2.27. The normalized spacial score (nSPS) is 12.9. The van der Waals surface area contributed by atoms with Gasteiger partial charge in [0.15, 0.2) is 0 Å². The van der Waals surface area contributed by atoms with Crippen molar-refractivity contribution in [1.29, 1.82) is 0 Å². The van der Waals surface area contributed by atoms with Gasteiger partial charge < -0.3 is 15.6 Å². The maximum absolute atomic E-state index is 12.3. The van der Waals surface area contributed by atoms with Crippen LogP contribution in [0.4, 0.5) is 0 Å². The quantitative estimate of drug-likeness (QED) is 0.631. The molecule has 1 aromatic rings. The number of hydrogen-bond donors (Lipinski definition) is 3. The molecule has 0 heterocycles. The number of nitrogens with two attached hydrogens (primary N) is 1. The van der Waals surface area contributed by atoms with Crippen LogP contribution in [-0.4, -0.2) is 38.6 Å². The highest BCUT2D eigenvalue weighted by Crippen LogP contribution is 2.22. The van der Waals surface area contributed by atoms with Crippen LogP contribution in [0.15, 0.2) is 23.1 Å². The molecule has 0 aliphatic rings. The summed E-state index contributed by atoms with van der Waals surface area (Å²) in [7, 11) is -2.81. The predicted molar refractivity (Wildman–Crippen MR) is 82.7 cm³/mol. The Morgan fingerprint density at radius 2 is 1.96 bits per heavy atom. The van der Waals surface area contributed by atoms with E-state index in [1.807, 2.05) is 0 Å². The first kappa shape index (κ1) is 18.9. The molecule has 0 aliphatic carbocycles. The monoisotopic (exact) mass is 344 g/mol. The van der Waals surface area contributed by atoms with Crippen LogP contribution < -0.4 is 15.2 Å². The van der Waals surface area contributed by atoms with Gasteiger partial charge in [-0.3, -0.25) is 9.59 Å². The number of carbonyl (C=O) groups is 2. The second-order valence-electron chi connectivity index (χ2n) is 5.37. The van der Waals surface area contributed by atoms with E-state index < -0.39 is 27.9 Å². The Kier molecular flexibility index (Phi) is 6.11. The third kappa shape index (κ3) is 4.93. The van der Waals surface area contributed by atoms with Gasteiger partial charge in [-0.05, 0) is 30.5 Å². The average molecular weight is 344 g/mol. The van der Waals surface area contributed by atoms with Gasteiger partial charge in [-0.25, -0.2) is 8.42 Å². The van der Waals surface area contributed by atoms with Crippen LogP contribution >= 0.6 is 0 Å². The zero-order valence-corrected chi connectivity index (χ0v) is 13.9. The van der Waals surface area contributed by atoms with Crippen molar-refractivity contribution in [3.8, 4) is 5.75 Å². The van der Waals surface area contributed by atoms with Gasteiger partial charge in [-0.2, -0.15) is 4.72 Å². The number of primary amides is 1. The van der Waals surface area contributed by atoms with Gasteiger partial charge in [0, 0.05) is 0 Å². The first-order valence-electron chi connectivity index (χ1n) is 6.81. The summed E-state index contributed by atoms with van der Waals surface area (Å²) in [6, 6.07) is 2.28. The van der Waals surface area contributed by atoms with E-state index in [4.69, 9.17) is 15.6 Å². The summed E-state index contributed by atoms with van der Waals surface area (Å²) in [5, 5.41) is 9.14. The van der Waals surface area contributed by atoms with Crippen molar-refractivity contribution >= 4 is 21.9 Å². The molecule has 0 saturated carbocycles. The summed E-state index contributed by atoms with van der Waals surface area (Å²) in [6.07, 6.45) is 0.132. The number of carboxylic acids is 1. The number of methoxy groups -OCH3 is 1. The van der Waals surface area contributed by atoms with Crippen LogP contribution in [0.25, 0.3) is 0 Å². The molecule has 23 heavy (non-hydrogen) atoms. The summed E-state index contributed by atoms with van der Waals surface area (Å²) in [6.45, 7) is 3.56. The number of rotatable bonds is 8. The van der Waals surface area contributed by atoms with Gasteiger partial charge >= 0.3 is 5.97 Å². The molecule has 1 amide bonds. The number of ether oxygens (including phenoxy) is 1. The van der Waals surface area contributed by atoms with Gasteiger partial charge in [0.25, 0.3) is 5.91 Å². The Morgan fingerprint density at radius 3 is 2.39 bits per heavy atom. The number of nitrogens with one attached hydrogen (secondary N) is 1. The molecule has 0 saturated heterocycles. The van der Waals surface area contributed by atoms with E-state index in [0.29, 0.717) is 0 Å². The van der Waals surface area contributed by atoms with Crippen molar-refractivity contribution in [1.82, 2.24) is 4.72 Å². The zero-order valence-electron chi connectivity index (χ0n) is 13.1. The number of carbonyl (C=O) groups excluding carboxylic acids is 1. The number of amides is 1. The third-order valence-electron chi connectivity index (χ3n) is 3.05. The summed E-state index contributed by atoms with van der Waals surface area (Å²) in [4.78, 5) is 22.3. The first-order chi connectivity index (χ1) is 10.6. The van der Waals surface area contributed by atoms with Crippen LogP contribution in [0, 0.1) is 5.92 Å². The van der Waals surface area contributed by atoms with Gasteiger partial charge in [-0.15, -0.1) is 0 Å². The molecule has 0 radical (unpaired) electrons. The number of sulfonamides is 1. The molecule has 0 bridgehead atoms. The molecular formula is C14H20N2O6S. The summed E-state index contributed by atoms with van der Waals surface area (Å²) < 4.78 is 31.7. The Hall–Kier alpha value is -2.13. The molecule has 1 unspecified atom stereocenters. The molecule has 4 N–H and O–H groups in total. The molecule has 1 rings (SSSR count). The fraction of sp³-hybridized carbons (Fsp3) is 0.429. The average Bonchev–Trinajstić information content (AvgIpc) is 2.44. The van der Waals surface area contributed by atoms with E-state index >= 15 is 0 Å². The fourth-order valence-corrected chi connectivity index (χ4v) is 3.20. The lowest BCUT2D eigenvalue weighted by Crippen LogP contribution is -2.41. The van der Waals surface area contributed by atoms with E-state index in [2.05, 4.69) is 4.72 Å². The first-order valence-corrected chi connectivity index (χ1v) is 8.29. The van der Waals surface area contributed by atoms with Crippen LogP contribution in [0.3, 0.4) is 0 Å². The number of aliphatic carboxylic acids is 1. The van der Waals surface area contributed by atoms with Crippen molar-refractivity contribution in [3.05, 3.63) is 23.8 Å². The zero-order chi connectivity index (χ0) is 17.8. The molecule has 8 nitrogen and oxygen atoms in total. The summed E-state index contributed by atoms with van der Waals surface area (Å²) in [5.74, 6) is -2.01. The molecule has 0 fully saturated rings. The lowest BCUT2D eigenvalue weighted by Gasteiger charge is -2.17. The fourth-order valence-electron chi connectivity index (χ4n) is 1.97. The topological polar surface area (TPSA) is 136 Å². The highest BCUT2D eigenvalue weighted by molar-refractivity contribution is 7.89. The molecule has 128 valence electrons. The molecular weight excluding hydrogens is 324 g/mol. The molecule has 1 aromatic carbocycles. The van der Waals surface area contributed by atoms with Crippen molar-refractivity contribution in [2.75, 3.05) is 7.11 Å². The minimum Gasteiger partial charge on any atom is -0.496 e. The second kappa shape index (κ2) is 7.42. The molecule has 0 aliphatic heterocycles. The maximum Gasteiger partial charge on any atom is 0.321 e. The predicted octanol–water partition coefficient (Wildman–Crippen LogP) is 0.572. The van der Waals surface area contributed by atoms with E-state index in [-0.39, 0.29) is 28.5 Å². The molecule has 0 spiro atoms. The van der Waals surface area contributed by atoms with Crippen molar-refractivity contribution in [2.45, 2.75) is 31.2 Å². The Morgan fingerprint density at radius 1 is 1.35 bits per heavy atom. The van der Waals surface area contributed by atoms with Crippen molar-refractivity contribution in [3.63, 3.8) is 0 Å². The Labute approximate surface area is 134 Å².